The van der Waals surface area contributed by atoms with Crippen molar-refractivity contribution in [1.29, 1.82) is 0 Å². The summed E-state index contributed by atoms with van der Waals surface area (Å²) < 4.78 is 49.2. The molecule has 1 atom stereocenters. The molecule has 1 unspecified atom stereocenters. The number of hydrogen-bond donors (Lipinski definition) is 1. The zero-order chi connectivity index (χ0) is 18.0. The number of nitrogens with one attached hydrogen (secondary N) is 1. The van der Waals surface area contributed by atoms with Crippen molar-refractivity contribution in [2.75, 3.05) is 32.8 Å². The van der Waals surface area contributed by atoms with Crippen LogP contribution in [0.4, 0.5) is 13.2 Å². The van der Waals surface area contributed by atoms with Gasteiger partial charge in [0.05, 0.1) is 24.5 Å². The highest BCUT2D eigenvalue weighted by atomic mass is 32.1. The number of nitrogens with zero attached hydrogens (tertiary/aromatic N) is 3. The van der Waals surface area contributed by atoms with Gasteiger partial charge in [0.25, 0.3) is 5.91 Å². The fraction of sp³-hybridized carbons (Fsp3) is 0.533. The van der Waals surface area contributed by atoms with Gasteiger partial charge in [-0.25, -0.2) is 4.98 Å². The lowest BCUT2D eigenvalue weighted by molar-refractivity contribution is -0.189. The lowest BCUT2D eigenvalue weighted by Gasteiger charge is -2.35. The van der Waals surface area contributed by atoms with Gasteiger partial charge in [-0.15, -0.1) is 0 Å². The highest BCUT2D eigenvalue weighted by Crippen LogP contribution is 2.25. The van der Waals surface area contributed by atoms with Crippen LogP contribution in [0.1, 0.15) is 16.1 Å². The number of aromatic nitrogens is 2. The largest absolute Gasteiger partial charge is 0.405 e. The molecule has 136 valence electrons. The van der Waals surface area contributed by atoms with Crippen molar-refractivity contribution in [3.8, 4) is 0 Å². The van der Waals surface area contributed by atoms with E-state index in [0.717, 1.165) is 11.1 Å². The number of hydrogen-bond acceptors (Lipinski definition) is 6. The quantitative estimate of drug-likeness (QED) is 0.887. The first-order chi connectivity index (χ1) is 11.9. The number of aryl methyl sites for hydroxylation is 1. The average Bonchev–Trinajstić information content (AvgIpc) is 2.95. The lowest BCUT2D eigenvalue weighted by atomic mass is 10.2. The molecule has 1 aliphatic heterocycles. The van der Waals surface area contributed by atoms with Gasteiger partial charge in [0.1, 0.15) is 10.9 Å². The Morgan fingerprint density at radius 2 is 2.16 bits per heavy atom. The molecule has 2 aromatic heterocycles. The molecule has 1 saturated heterocycles. The molecule has 25 heavy (non-hydrogen) atoms. The summed E-state index contributed by atoms with van der Waals surface area (Å²) in [5.74, 6) is -0.581. The zero-order valence-corrected chi connectivity index (χ0v) is 14.3. The van der Waals surface area contributed by atoms with E-state index in [1.165, 1.54) is 22.6 Å². The topological polar surface area (TPSA) is 67.4 Å². The van der Waals surface area contributed by atoms with Crippen molar-refractivity contribution in [1.82, 2.24) is 19.6 Å². The van der Waals surface area contributed by atoms with Crippen molar-refractivity contribution < 1.29 is 22.7 Å². The van der Waals surface area contributed by atoms with Crippen molar-refractivity contribution in [2.45, 2.75) is 19.1 Å². The second-order valence-electron chi connectivity index (χ2n) is 5.76. The standard InChI is InChI=1S/C15H17F3N4O2S/c1-9-11-6-10(7-20-14(11)25-21-9)13(23)19-8-12(15(16,17)18)22-2-4-24-5-3-22/h6-7,12H,2-5,8H2,1H3,(H,19,23). The van der Waals surface area contributed by atoms with Gasteiger partial charge in [-0.1, -0.05) is 0 Å². The number of pyridine rings is 1. The molecule has 1 fully saturated rings. The highest BCUT2D eigenvalue weighted by Gasteiger charge is 2.44. The van der Waals surface area contributed by atoms with E-state index in [2.05, 4.69) is 14.7 Å². The van der Waals surface area contributed by atoms with E-state index in [4.69, 9.17) is 4.74 Å². The molecule has 6 nitrogen and oxygen atoms in total. The predicted octanol–water partition coefficient (Wildman–Crippen LogP) is 1.99. The maximum atomic E-state index is 13.3. The molecule has 3 heterocycles. The molecule has 1 amide bonds. The van der Waals surface area contributed by atoms with Crippen LogP contribution in [0, 0.1) is 6.92 Å². The number of ether oxygens (including phenoxy) is 1. The second kappa shape index (κ2) is 7.22. The number of amides is 1. The fourth-order valence-electron chi connectivity index (χ4n) is 2.70. The normalized spacial score (nSPS) is 17.6. The number of halogens is 3. The van der Waals surface area contributed by atoms with Crippen LogP contribution in [0.25, 0.3) is 10.2 Å². The Bertz CT molecular complexity index is 759. The van der Waals surface area contributed by atoms with Crippen LogP contribution in [0.15, 0.2) is 12.3 Å². The second-order valence-corrected chi connectivity index (χ2v) is 6.51. The maximum absolute atomic E-state index is 13.3. The minimum Gasteiger partial charge on any atom is -0.379 e. The Kier molecular flexibility index (Phi) is 5.21. The molecule has 3 rings (SSSR count). The Morgan fingerprint density at radius 3 is 2.84 bits per heavy atom. The van der Waals surface area contributed by atoms with Gasteiger partial charge in [-0.3, -0.25) is 9.69 Å². The van der Waals surface area contributed by atoms with Gasteiger partial charge in [-0.05, 0) is 24.5 Å². The first kappa shape index (κ1) is 18.0. The van der Waals surface area contributed by atoms with Crippen LogP contribution in [0.3, 0.4) is 0 Å². The summed E-state index contributed by atoms with van der Waals surface area (Å²) in [6, 6.07) is -0.130. The van der Waals surface area contributed by atoms with Gasteiger partial charge >= 0.3 is 6.18 Å². The Hall–Kier alpha value is -1.78. The van der Waals surface area contributed by atoms with Crippen molar-refractivity contribution in [2.24, 2.45) is 0 Å². The minimum absolute atomic E-state index is 0.188. The van der Waals surface area contributed by atoms with E-state index >= 15 is 0 Å². The number of rotatable bonds is 4. The van der Waals surface area contributed by atoms with Gasteiger partial charge in [0, 0.05) is 31.2 Å². The Balaban J connectivity index is 1.70. The van der Waals surface area contributed by atoms with Crippen LogP contribution >= 0.6 is 11.5 Å². The van der Waals surface area contributed by atoms with E-state index < -0.39 is 24.7 Å². The van der Waals surface area contributed by atoms with Crippen molar-refractivity contribution >= 4 is 27.7 Å². The molecular formula is C15H17F3N4O2S. The monoisotopic (exact) mass is 374 g/mol. The number of carbonyl (C=O) groups is 1. The molecule has 1 N–H and O–H groups in total. The number of alkyl halides is 3. The minimum atomic E-state index is -4.43. The van der Waals surface area contributed by atoms with E-state index in [1.54, 1.807) is 13.0 Å². The maximum Gasteiger partial charge on any atom is 0.405 e. The lowest BCUT2D eigenvalue weighted by Crippen LogP contribution is -2.55. The summed E-state index contributed by atoms with van der Waals surface area (Å²) in [4.78, 5) is 18.4. The van der Waals surface area contributed by atoms with Gasteiger partial charge in [-0.2, -0.15) is 17.5 Å². The predicted molar refractivity (Wildman–Crippen MR) is 86.7 cm³/mol. The van der Waals surface area contributed by atoms with E-state index in [-0.39, 0.29) is 31.9 Å². The Labute approximate surface area is 146 Å². The summed E-state index contributed by atoms with van der Waals surface area (Å²) in [6.45, 7) is 2.17. The summed E-state index contributed by atoms with van der Waals surface area (Å²) in [5, 5.41) is 3.12. The smallest absolute Gasteiger partial charge is 0.379 e. The number of morpholine rings is 1. The molecule has 0 bridgehead atoms. The first-order valence-corrected chi connectivity index (χ1v) is 8.52. The summed E-state index contributed by atoms with van der Waals surface area (Å²) in [6.07, 6.45) is -3.08. The molecule has 10 heteroatoms. The van der Waals surface area contributed by atoms with Gasteiger partial charge in [0.2, 0.25) is 0 Å². The third kappa shape index (κ3) is 4.07. The highest BCUT2D eigenvalue weighted by molar-refractivity contribution is 7.12. The third-order valence-corrected chi connectivity index (χ3v) is 4.96. The Morgan fingerprint density at radius 1 is 1.44 bits per heavy atom. The van der Waals surface area contributed by atoms with Gasteiger partial charge < -0.3 is 10.1 Å². The van der Waals surface area contributed by atoms with Gasteiger partial charge in [0.15, 0.2) is 0 Å². The van der Waals surface area contributed by atoms with Crippen LogP contribution < -0.4 is 5.32 Å². The molecule has 0 saturated carbocycles. The number of carbonyl (C=O) groups excluding carboxylic acids is 1. The van der Waals surface area contributed by atoms with Crippen molar-refractivity contribution in [3.63, 3.8) is 0 Å². The van der Waals surface area contributed by atoms with E-state index in [1.807, 2.05) is 0 Å². The van der Waals surface area contributed by atoms with Crippen LogP contribution in [0.2, 0.25) is 0 Å². The zero-order valence-electron chi connectivity index (χ0n) is 13.5. The SMILES string of the molecule is Cc1nsc2ncc(C(=O)NCC(N3CCOCC3)C(F)(F)F)cc12. The van der Waals surface area contributed by atoms with Crippen molar-refractivity contribution in [3.05, 3.63) is 23.5 Å². The summed E-state index contributed by atoms with van der Waals surface area (Å²) >= 11 is 1.21. The van der Waals surface area contributed by atoms with E-state index in [9.17, 15) is 18.0 Å². The van der Waals surface area contributed by atoms with Crippen LogP contribution in [-0.4, -0.2) is 65.2 Å². The molecule has 0 aromatic carbocycles. The molecule has 1 aliphatic rings. The van der Waals surface area contributed by atoms with Crippen LogP contribution in [-0.2, 0) is 4.74 Å². The number of fused-ring (bicyclic) bond motifs is 1. The third-order valence-electron chi connectivity index (χ3n) is 4.09. The van der Waals surface area contributed by atoms with Crippen LogP contribution in [0.5, 0.6) is 0 Å². The molecular weight excluding hydrogens is 357 g/mol. The summed E-state index contributed by atoms with van der Waals surface area (Å²) in [7, 11) is 0. The average molecular weight is 374 g/mol. The molecule has 0 radical (unpaired) electrons. The molecule has 0 aliphatic carbocycles. The fourth-order valence-corrected chi connectivity index (χ4v) is 3.43. The first-order valence-electron chi connectivity index (χ1n) is 7.75. The molecule has 0 spiro atoms. The van der Waals surface area contributed by atoms with E-state index in [0.29, 0.717) is 4.83 Å². The molecule has 2 aromatic rings. The summed E-state index contributed by atoms with van der Waals surface area (Å²) in [5.41, 5.74) is 0.960.